The Morgan fingerprint density at radius 3 is 2.57 bits per heavy atom. The molecule has 0 unspecified atom stereocenters. The monoisotopic (exact) mass is 283 g/mol. The lowest BCUT2D eigenvalue weighted by Gasteiger charge is -2.15. The summed E-state index contributed by atoms with van der Waals surface area (Å²) in [7, 11) is 1.80. The lowest BCUT2D eigenvalue weighted by molar-refractivity contribution is 0.102. The van der Waals surface area contributed by atoms with Crippen molar-refractivity contribution in [2.45, 2.75) is 26.7 Å². The molecule has 1 aromatic carbocycles. The first-order valence-corrected chi connectivity index (χ1v) is 7.07. The molecule has 0 radical (unpaired) electrons. The van der Waals surface area contributed by atoms with Crippen molar-refractivity contribution in [3.63, 3.8) is 0 Å². The number of rotatable bonds is 4. The lowest BCUT2D eigenvalue weighted by Crippen LogP contribution is -2.16. The first-order chi connectivity index (χ1) is 10.0. The second kappa shape index (κ2) is 6.39. The van der Waals surface area contributed by atoms with Crippen LogP contribution in [0.25, 0.3) is 0 Å². The second-order valence-electron chi connectivity index (χ2n) is 5.32. The zero-order chi connectivity index (χ0) is 15.4. The van der Waals surface area contributed by atoms with Crippen molar-refractivity contribution < 1.29 is 4.79 Å². The van der Waals surface area contributed by atoms with Crippen LogP contribution in [0.1, 0.15) is 41.4 Å². The van der Waals surface area contributed by atoms with Crippen molar-refractivity contribution in [3.05, 3.63) is 53.3 Å². The van der Waals surface area contributed by atoms with Crippen molar-refractivity contribution in [3.8, 4) is 0 Å². The topological polar surface area (TPSA) is 54.0 Å². The lowest BCUT2D eigenvalue weighted by atomic mass is 10.0. The highest BCUT2D eigenvalue weighted by Gasteiger charge is 2.14. The van der Waals surface area contributed by atoms with E-state index in [0.29, 0.717) is 11.5 Å². The number of carbonyl (C=O) groups excluding carboxylic acids is 1. The Morgan fingerprint density at radius 1 is 1.19 bits per heavy atom. The van der Waals surface area contributed by atoms with Crippen LogP contribution < -0.4 is 10.6 Å². The van der Waals surface area contributed by atoms with Gasteiger partial charge in [-0.1, -0.05) is 32.0 Å². The van der Waals surface area contributed by atoms with E-state index in [1.807, 2.05) is 37.3 Å². The maximum atomic E-state index is 12.5. The first-order valence-electron chi connectivity index (χ1n) is 7.07. The molecule has 0 bridgehead atoms. The minimum absolute atomic E-state index is 0.153. The molecule has 0 atom stereocenters. The largest absolute Gasteiger partial charge is 0.387 e. The standard InChI is InChI=1S/C17H21N3O/c1-11(2)13-7-5-6-8-15(13)20-17(21)14-10-19-12(3)9-16(14)18-4/h5-11H,1-4H3,(H,18,19)(H,20,21). The first kappa shape index (κ1) is 15.0. The number of benzene rings is 1. The molecule has 21 heavy (non-hydrogen) atoms. The van der Waals surface area contributed by atoms with E-state index in [4.69, 9.17) is 0 Å². The summed E-state index contributed by atoms with van der Waals surface area (Å²) < 4.78 is 0. The quantitative estimate of drug-likeness (QED) is 0.897. The van der Waals surface area contributed by atoms with E-state index in [9.17, 15) is 4.79 Å². The predicted octanol–water partition coefficient (Wildman–Crippen LogP) is 3.81. The van der Waals surface area contributed by atoms with Crippen molar-refractivity contribution >= 4 is 17.3 Å². The smallest absolute Gasteiger partial charge is 0.259 e. The zero-order valence-electron chi connectivity index (χ0n) is 12.9. The van der Waals surface area contributed by atoms with Crippen LogP contribution in [0, 0.1) is 6.92 Å². The number of nitrogens with zero attached hydrogens (tertiary/aromatic N) is 1. The van der Waals surface area contributed by atoms with E-state index in [-0.39, 0.29) is 5.91 Å². The highest BCUT2D eigenvalue weighted by atomic mass is 16.1. The van der Waals surface area contributed by atoms with E-state index in [0.717, 1.165) is 22.6 Å². The molecular weight excluding hydrogens is 262 g/mol. The predicted molar refractivity (Wildman–Crippen MR) is 87.0 cm³/mol. The normalized spacial score (nSPS) is 10.5. The molecule has 1 amide bonds. The van der Waals surface area contributed by atoms with Gasteiger partial charge in [-0.15, -0.1) is 0 Å². The molecule has 0 saturated heterocycles. The maximum Gasteiger partial charge on any atom is 0.259 e. The summed E-state index contributed by atoms with van der Waals surface area (Å²) >= 11 is 0. The van der Waals surface area contributed by atoms with Gasteiger partial charge in [0.25, 0.3) is 5.91 Å². The third-order valence-electron chi connectivity index (χ3n) is 3.39. The molecule has 0 aliphatic heterocycles. The summed E-state index contributed by atoms with van der Waals surface area (Å²) in [6, 6.07) is 9.73. The average Bonchev–Trinajstić information content (AvgIpc) is 2.47. The van der Waals surface area contributed by atoms with Gasteiger partial charge >= 0.3 is 0 Å². The third kappa shape index (κ3) is 3.40. The number of para-hydroxylation sites is 1. The Labute approximate surface area is 125 Å². The zero-order valence-corrected chi connectivity index (χ0v) is 12.9. The SMILES string of the molecule is CNc1cc(C)ncc1C(=O)Nc1ccccc1C(C)C. The number of hydrogen-bond donors (Lipinski definition) is 2. The van der Waals surface area contributed by atoms with Crippen LogP contribution in [0.15, 0.2) is 36.5 Å². The van der Waals surface area contributed by atoms with Crippen molar-refractivity contribution in [1.29, 1.82) is 0 Å². The molecule has 1 aromatic heterocycles. The minimum atomic E-state index is -0.153. The number of anilines is 2. The molecule has 2 rings (SSSR count). The number of hydrogen-bond acceptors (Lipinski definition) is 3. The fourth-order valence-corrected chi connectivity index (χ4v) is 2.25. The third-order valence-corrected chi connectivity index (χ3v) is 3.39. The maximum absolute atomic E-state index is 12.5. The van der Waals surface area contributed by atoms with E-state index in [1.54, 1.807) is 13.2 Å². The number of aromatic nitrogens is 1. The molecule has 0 fully saturated rings. The summed E-state index contributed by atoms with van der Waals surface area (Å²) in [5.41, 5.74) is 4.17. The Hall–Kier alpha value is -2.36. The summed E-state index contributed by atoms with van der Waals surface area (Å²) in [5, 5.41) is 6.02. The van der Waals surface area contributed by atoms with Crippen LogP contribution in [-0.4, -0.2) is 17.9 Å². The van der Waals surface area contributed by atoms with Crippen LogP contribution in [-0.2, 0) is 0 Å². The van der Waals surface area contributed by atoms with Crippen LogP contribution in [0.4, 0.5) is 11.4 Å². The van der Waals surface area contributed by atoms with E-state index in [2.05, 4.69) is 29.5 Å². The molecule has 0 aliphatic rings. The summed E-state index contributed by atoms with van der Waals surface area (Å²) in [5.74, 6) is 0.196. The van der Waals surface area contributed by atoms with Crippen molar-refractivity contribution in [2.24, 2.45) is 0 Å². The number of aryl methyl sites for hydroxylation is 1. The highest BCUT2D eigenvalue weighted by Crippen LogP contribution is 2.25. The molecule has 4 heteroatoms. The molecule has 110 valence electrons. The summed E-state index contributed by atoms with van der Waals surface area (Å²) in [6.07, 6.45) is 1.61. The van der Waals surface area contributed by atoms with Gasteiger partial charge in [-0.25, -0.2) is 0 Å². The molecule has 2 N–H and O–H groups in total. The molecule has 0 aliphatic carbocycles. The molecule has 4 nitrogen and oxygen atoms in total. The molecule has 2 aromatic rings. The van der Waals surface area contributed by atoms with Crippen LogP contribution in [0.2, 0.25) is 0 Å². The van der Waals surface area contributed by atoms with Gasteiger partial charge in [0, 0.05) is 24.6 Å². The molecular formula is C17H21N3O. The van der Waals surface area contributed by atoms with Gasteiger partial charge < -0.3 is 10.6 Å². The van der Waals surface area contributed by atoms with Gasteiger partial charge in [0.2, 0.25) is 0 Å². The van der Waals surface area contributed by atoms with Gasteiger partial charge in [-0.3, -0.25) is 9.78 Å². The number of nitrogens with one attached hydrogen (secondary N) is 2. The van der Waals surface area contributed by atoms with Gasteiger partial charge in [0.15, 0.2) is 0 Å². The fourth-order valence-electron chi connectivity index (χ4n) is 2.25. The second-order valence-corrected chi connectivity index (χ2v) is 5.32. The van der Waals surface area contributed by atoms with Gasteiger partial charge in [0.05, 0.1) is 11.3 Å². The summed E-state index contributed by atoms with van der Waals surface area (Å²) in [6.45, 7) is 6.12. The Morgan fingerprint density at radius 2 is 1.90 bits per heavy atom. The van der Waals surface area contributed by atoms with Crippen molar-refractivity contribution in [2.75, 3.05) is 17.7 Å². The van der Waals surface area contributed by atoms with Crippen LogP contribution in [0.5, 0.6) is 0 Å². The van der Waals surface area contributed by atoms with E-state index in [1.165, 1.54) is 0 Å². The van der Waals surface area contributed by atoms with Crippen molar-refractivity contribution in [1.82, 2.24) is 4.98 Å². The number of pyridine rings is 1. The number of carbonyl (C=O) groups is 1. The fraction of sp³-hybridized carbons (Fsp3) is 0.294. The van der Waals surface area contributed by atoms with Gasteiger partial charge in [0.1, 0.15) is 0 Å². The van der Waals surface area contributed by atoms with E-state index >= 15 is 0 Å². The highest BCUT2D eigenvalue weighted by molar-refractivity contribution is 6.08. The Balaban J connectivity index is 2.31. The van der Waals surface area contributed by atoms with E-state index < -0.39 is 0 Å². The average molecular weight is 283 g/mol. The Bertz CT molecular complexity index is 650. The van der Waals surface area contributed by atoms with Crippen LogP contribution >= 0.6 is 0 Å². The molecule has 0 saturated carbocycles. The number of amides is 1. The molecule has 1 heterocycles. The van der Waals surface area contributed by atoms with Gasteiger partial charge in [-0.2, -0.15) is 0 Å². The summed E-state index contributed by atoms with van der Waals surface area (Å²) in [4.78, 5) is 16.7. The van der Waals surface area contributed by atoms with Gasteiger partial charge in [-0.05, 0) is 30.5 Å². The van der Waals surface area contributed by atoms with Crippen LogP contribution in [0.3, 0.4) is 0 Å². The minimum Gasteiger partial charge on any atom is -0.387 e. The Kier molecular flexibility index (Phi) is 4.58. The molecule has 0 spiro atoms.